The standard InChI is InChI=1S/C21H12F3N3O3/c22-21(23,24)16-18(27-29-19(16)11-4-2-1-3-5-11)17-14-8-9-15-13(20(14)30-26-17)7-6-12(10-28)25-15/h1-7,10H,8-9H2. The molecule has 5 rings (SSSR count). The number of hydrogen-bond donors (Lipinski definition) is 0. The highest BCUT2D eigenvalue weighted by Gasteiger charge is 2.43. The Hall–Kier alpha value is -3.75. The van der Waals surface area contributed by atoms with Gasteiger partial charge in [-0.05, 0) is 25.0 Å². The first-order valence-electron chi connectivity index (χ1n) is 9.04. The zero-order valence-electron chi connectivity index (χ0n) is 15.2. The first kappa shape index (κ1) is 18.3. The minimum Gasteiger partial charge on any atom is -0.355 e. The van der Waals surface area contributed by atoms with Crippen molar-refractivity contribution in [3.05, 3.63) is 65.0 Å². The lowest BCUT2D eigenvalue weighted by atomic mass is 9.91. The maximum atomic E-state index is 14.0. The molecule has 0 spiro atoms. The van der Waals surface area contributed by atoms with Crippen LogP contribution in [-0.4, -0.2) is 21.6 Å². The number of carbonyl (C=O) groups is 1. The van der Waals surface area contributed by atoms with E-state index in [0.29, 0.717) is 41.7 Å². The lowest BCUT2D eigenvalue weighted by Crippen LogP contribution is -2.09. The molecule has 6 nitrogen and oxygen atoms in total. The van der Waals surface area contributed by atoms with Crippen molar-refractivity contribution < 1.29 is 27.0 Å². The smallest absolute Gasteiger partial charge is 0.355 e. The van der Waals surface area contributed by atoms with Crippen LogP contribution in [0.4, 0.5) is 13.2 Å². The van der Waals surface area contributed by atoms with Gasteiger partial charge in [0.15, 0.2) is 17.8 Å². The fraction of sp³-hybridized carbons (Fsp3) is 0.143. The predicted octanol–water partition coefficient (Wildman–Crippen LogP) is 4.99. The lowest BCUT2D eigenvalue weighted by molar-refractivity contribution is -0.136. The Morgan fingerprint density at radius 1 is 0.900 bits per heavy atom. The van der Waals surface area contributed by atoms with Gasteiger partial charge in [-0.1, -0.05) is 40.6 Å². The molecule has 0 amide bonds. The average molecular weight is 411 g/mol. The van der Waals surface area contributed by atoms with Gasteiger partial charge in [0.25, 0.3) is 0 Å². The van der Waals surface area contributed by atoms with E-state index in [1.165, 1.54) is 18.2 Å². The molecule has 0 saturated heterocycles. The van der Waals surface area contributed by atoms with Gasteiger partial charge < -0.3 is 9.05 Å². The van der Waals surface area contributed by atoms with Crippen molar-refractivity contribution in [3.63, 3.8) is 0 Å². The topological polar surface area (TPSA) is 82.0 Å². The molecule has 0 fully saturated rings. The molecule has 4 aromatic rings. The van der Waals surface area contributed by atoms with Gasteiger partial charge in [0.2, 0.25) is 0 Å². The number of carbonyl (C=O) groups excluding carboxylic acids is 1. The number of fused-ring (bicyclic) bond motifs is 3. The van der Waals surface area contributed by atoms with Crippen LogP contribution in [0.2, 0.25) is 0 Å². The molecule has 1 aliphatic carbocycles. The van der Waals surface area contributed by atoms with Crippen LogP contribution in [0.25, 0.3) is 34.0 Å². The van der Waals surface area contributed by atoms with E-state index >= 15 is 0 Å². The summed E-state index contributed by atoms with van der Waals surface area (Å²) in [7, 11) is 0. The number of alkyl halides is 3. The van der Waals surface area contributed by atoms with E-state index in [1.807, 2.05) is 0 Å². The van der Waals surface area contributed by atoms with Gasteiger partial charge in [-0.25, -0.2) is 4.98 Å². The molecule has 0 unspecified atom stereocenters. The van der Waals surface area contributed by atoms with E-state index in [0.717, 1.165) is 0 Å². The Bertz CT molecular complexity index is 1260. The monoisotopic (exact) mass is 411 g/mol. The third-order valence-corrected chi connectivity index (χ3v) is 5.00. The van der Waals surface area contributed by atoms with Gasteiger partial charge in [0, 0.05) is 16.7 Å². The molecule has 9 heteroatoms. The number of rotatable bonds is 3. The van der Waals surface area contributed by atoms with Gasteiger partial charge in [-0.15, -0.1) is 0 Å². The summed E-state index contributed by atoms with van der Waals surface area (Å²) in [5, 5.41) is 7.61. The van der Waals surface area contributed by atoms with Crippen LogP contribution in [0.1, 0.15) is 27.3 Å². The molecule has 3 heterocycles. The van der Waals surface area contributed by atoms with Crippen molar-refractivity contribution in [3.8, 4) is 34.0 Å². The predicted molar refractivity (Wildman–Crippen MR) is 98.5 cm³/mol. The Labute approximate surface area is 167 Å². The SMILES string of the molecule is O=Cc1ccc2c(n1)CCc1c(-c3noc(-c4ccccc4)c3C(F)(F)F)noc1-2. The highest BCUT2D eigenvalue weighted by atomic mass is 19.4. The molecular weight excluding hydrogens is 399 g/mol. The number of benzene rings is 1. The molecule has 3 aromatic heterocycles. The van der Waals surface area contributed by atoms with Crippen molar-refractivity contribution >= 4 is 6.29 Å². The number of aromatic nitrogens is 3. The summed E-state index contributed by atoms with van der Waals surface area (Å²) in [5.41, 5.74) is 0.862. The zero-order chi connectivity index (χ0) is 20.9. The second-order valence-electron chi connectivity index (χ2n) is 6.79. The fourth-order valence-electron chi connectivity index (χ4n) is 3.66. The second kappa shape index (κ2) is 6.65. The van der Waals surface area contributed by atoms with E-state index in [2.05, 4.69) is 15.3 Å². The van der Waals surface area contributed by atoms with Crippen LogP contribution in [0, 0.1) is 0 Å². The molecule has 0 N–H and O–H groups in total. The molecule has 0 bridgehead atoms. The Morgan fingerprint density at radius 3 is 2.37 bits per heavy atom. The van der Waals surface area contributed by atoms with Gasteiger partial charge >= 0.3 is 6.18 Å². The molecule has 150 valence electrons. The van der Waals surface area contributed by atoms with Crippen LogP contribution in [0.3, 0.4) is 0 Å². The number of halogens is 3. The van der Waals surface area contributed by atoms with Crippen LogP contribution >= 0.6 is 0 Å². The number of aryl methyl sites for hydroxylation is 1. The minimum absolute atomic E-state index is 0.00614. The molecular formula is C21H12F3N3O3. The zero-order valence-corrected chi connectivity index (χ0v) is 15.2. The Kier molecular flexibility index (Phi) is 4.05. The summed E-state index contributed by atoms with van der Waals surface area (Å²) in [6, 6.07) is 11.1. The molecule has 30 heavy (non-hydrogen) atoms. The molecule has 0 saturated carbocycles. The van der Waals surface area contributed by atoms with Crippen LogP contribution in [0.5, 0.6) is 0 Å². The van der Waals surface area contributed by atoms with Crippen molar-refractivity contribution in [2.45, 2.75) is 19.0 Å². The summed E-state index contributed by atoms with van der Waals surface area (Å²) in [4.78, 5) is 15.2. The summed E-state index contributed by atoms with van der Waals surface area (Å²) < 4.78 is 52.4. The van der Waals surface area contributed by atoms with Crippen LogP contribution < -0.4 is 0 Å². The average Bonchev–Trinajstić information content (AvgIpc) is 3.38. The van der Waals surface area contributed by atoms with Gasteiger partial charge in [0.05, 0.1) is 5.69 Å². The Morgan fingerprint density at radius 2 is 1.63 bits per heavy atom. The summed E-state index contributed by atoms with van der Waals surface area (Å²) in [5.74, 6) is -0.0445. The first-order valence-corrected chi connectivity index (χ1v) is 9.04. The highest BCUT2D eigenvalue weighted by molar-refractivity contribution is 5.80. The van der Waals surface area contributed by atoms with Gasteiger partial charge in [-0.2, -0.15) is 13.2 Å². The largest absolute Gasteiger partial charge is 0.422 e. The third-order valence-electron chi connectivity index (χ3n) is 5.00. The lowest BCUT2D eigenvalue weighted by Gasteiger charge is -2.14. The minimum atomic E-state index is -4.71. The van der Waals surface area contributed by atoms with E-state index in [1.54, 1.807) is 24.3 Å². The number of aldehydes is 1. The number of nitrogens with zero attached hydrogens (tertiary/aromatic N) is 3. The van der Waals surface area contributed by atoms with Crippen LogP contribution in [0.15, 0.2) is 51.5 Å². The van der Waals surface area contributed by atoms with Crippen molar-refractivity contribution in [1.29, 1.82) is 0 Å². The summed E-state index contributed by atoms with van der Waals surface area (Å²) in [6.45, 7) is 0. The van der Waals surface area contributed by atoms with E-state index < -0.39 is 17.4 Å². The Balaban J connectivity index is 1.68. The second-order valence-corrected chi connectivity index (χ2v) is 6.79. The van der Waals surface area contributed by atoms with E-state index in [-0.39, 0.29) is 22.7 Å². The fourth-order valence-corrected chi connectivity index (χ4v) is 3.66. The molecule has 0 radical (unpaired) electrons. The van der Waals surface area contributed by atoms with E-state index in [4.69, 9.17) is 9.05 Å². The highest BCUT2D eigenvalue weighted by Crippen LogP contribution is 2.46. The van der Waals surface area contributed by atoms with Crippen molar-refractivity contribution in [1.82, 2.24) is 15.3 Å². The number of pyridine rings is 1. The summed E-state index contributed by atoms with van der Waals surface area (Å²) in [6.07, 6.45) is -3.29. The number of hydrogen-bond acceptors (Lipinski definition) is 6. The maximum Gasteiger partial charge on any atom is 0.422 e. The van der Waals surface area contributed by atoms with E-state index in [9.17, 15) is 18.0 Å². The molecule has 0 aliphatic heterocycles. The normalized spacial score (nSPS) is 13.0. The van der Waals surface area contributed by atoms with Crippen LogP contribution in [-0.2, 0) is 19.0 Å². The maximum absolute atomic E-state index is 14.0. The molecule has 1 aromatic carbocycles. The van der Waals surface area contributed by atoms with Gasteiger partial charge in [-0.3, -0.25) is 4.79 Å². The van der Waals surface area contributed by atoms with Crippen molar-refractivity contribution in [2.24, 2.45) is 0 Å². The first-order chi connectivity index (χ1) is 14.5. The van der Waals surface area contributed by atoms with Crippen molar-refractivity contribution in [2.75, 3.05) is 0 Å². The molecule has 1 aliphatic rings. The quantitative estimate of drug-likeness (QED) is 0.442. The third kappa shape index (κ3) is 2.81. The summed E-state index contributed by atoms with van der Waals surface area (Å²) >= 11 is 0. The van der Waals surface area contributed by atoms with Gasteiger partial charge in [0.1, 0.15) is 22.6 Å². The molecule has 0 atom stereocenters.